The Morgan fingerprint density at radius 2 is 2.10 bits per heavy atom. The van der Waals surface area contributed by atoms with Gasteiger partial charge in [0.05, 0.1) is 12.5 Å². The molecule has 0 radical (unpaired) electrons. The number of carbonyl (C=O) groups is 1. The number of hydrogen-bond donors (Lipinski definition) is 1. The smallest absolute Gasteiger partial charge is 0.304 e. The van der Waals surface area contributed by atoms with Crippen molar-refractivity contribution >= 4 is 17.6 Å². The number of halogens is 1. The molecule has 0 bridgehead atoms. The quantitative estimate of drug-likeness (QED) is 0.884. The van der Waals surface area contributed by atoms with E-state index < -0.39 is 5.97 Å². The lowest BCUT2D eigenvalue weighted by Gasteiger charge is -2.20. The SMILES string of the molecule is CC(c1nc(-c2ccc(Cl)cc2)no1)N(C)CCC(=O)O. The summed E-state index contributed by atoms with van der Waals surface area (Å²) in [5.41, 5.74) is 0.815. The highest BCUT2D eigenvalue weighted by Crippen LogP contribution is 2.22. The zero-order valence-corrected chi connectivity index (χ0v) is 12.5. The maximum atomic E-state index is 10.6. The predicted molar refractivity (Wildman–Crippen MR) is 78.0 cm³/mol. The third kappa shape index (κ3) is 4.03. The third-order valence-electron chi connectivity index (χ3n) is 3.24. The van der Waals surface area contributed by atoms with Crippen molar-refractivity contribution in [2.75, 3.05) is 13.6 Å². The summed E-state index contributed by atoms with van der Waals surface area (Å²) in [6.45, 7) is 2.30. The summed E-state index contributed by atoms with van der Waals surface area (Å²) in [7, 11) is 1.82. The van der Waals surface area contributed by atoms with Crippen molar-refractivity contribution < 1.29 is 14.4 Å². The molecule has 1 heterocycles. The Morgan fingerprint density at radius 3 is 2.71 bits per heavy atom. The monoisotopic (exact) mass is 309 g/mol. The van der Waals surface area contributed by atoms with Crippen molar-refractivity contribution in [3.63, 3.8) is 0 Å². The van der Waals surface area contributed by atoms with Crippen molar-refractivity contribution in [2.45, 2.75) is 19.4 Å². The molecule has 0 spiro atoms. The molecule has 7 heteroatoms. The molecule has 0 aliphatic rings. The lowest BCUT2D eigenvalue weighted by molar-refractivity contribution is -0.137. The van der Waals surface area contributed by atoms with E-state index in [1.807, 2.05) is 31.0 Å². The Morgan fingerprint density at radius 1 is 1.43 bits per heavy atom. The summed E-state index contributed by atoms with van der Waals surface area (Å²) in [5.74, 6) is 0.106. The molecule has 1 N–H and O–H groups in total. The minimum Gasteiger partial charge on any atom is -0.481 e. The molecule has 0 amide bonds. The molecular formula is C14H16ClN3O3. The first-order valence-electron chi connectivity index (χ1n) is 6.49. The van der Waals surface area contributed by atoms with Crippen LogP contribution in [-0.2, 0) is 4.79 Å². The third-order valence-corrected chi connectivity index (χ3v) is 3.49. The number of hydrogen-bond acceptors (Lipinski definition) is 5. The van der Waals surface area contributed by atoms with E-state index in [1.165, 1.54) is 0 Å². The van der Waals surface area contributed by atoms with Crippen LogP contribution in [0.1, 0.15) is 25.3 Å². The molecule has 2 rings (SSSR count). The molecular weight excluding hydrogens is 294 g/mol. The second kappa shape index (κ2) is 6.69. The first-order valence-corrected chi connectivity index (χ1v) is 6.86. The van der Waals surface area contributed by atoms with Crippen LogP contribution >= 0.6 is 11.6 Å². The fourth-order valence-electron chi connectivity index (χ4n) is 1.78. The van der Waals surface area contributed by atoms with E-state index in [4.69, 9.17) is 21.2 Å². The molecule has 0 saturated carbocycles. The average molecular weight is 310 g/mol. The highest BCUT2D eigenvalue weighted by molar-refractivity contribution is 6.30. The molecule has 0 fully saturated rings. The summed E-state index contributed by atoms with van der Waals surface area (Å²) < 4.78 is 5.26. The Hall–Kier alpha value is -1.92. The number of benzene rings is 1. The van der Waals surface area contributed by atoms with Crippen molar-refractivity contribution in [3.05, 3.63) is 35.2 Å². The van der Waals surface area contributed by atoms with Crippen LogP contribution in [0.3, 0.4) is 0 Å². The van der Waals surface area contributed by atoms with Gasteiger partial charge in [0.25, 0.3) is 0 Å². The van der Waals surface area contributed by atoms with Crippen LogP contribution in [-0.4, -0.2) is 39.7 Å². The highest BCUT2D eigenvalue weighted by atomic mass is 35.5. The minimum atomic E-state index is -0.832. The second-order valence-corrected chi connectivity index (χ2v) is 5.20. The molecule has 1 aromatic heterocycles. The van der Waals surface area contributed by atoms with E-state index in [1.54, 1.807) is 12.1 Å². The predicted octanol–water partition coefficient (Wildman–Crippen LogP) is 2.86. The molecule has 0 saturated heterocycles. The molecule has 0 aliphatic carbocycles. The molecule has 6 nitrogen and oxygen atoms in total. The van der Waals surface area contributed by atoms with Gasteiger partial charge in [-0.2, -0.15) is 4.98 Å². The Bertz CT molecular complexity index is 612. The van der Waals surface area contributed by atoms with Gasteiger partial charge < -0.3 is 9.63 Å². The van der Waals surface area contributed by atoms with E-state index in [2.05, 4.69) is 10.1 Å². The summed E-state index contributed by atoms with van der Waals surface area (Å²) in [6.07, 6.45) is 0.0685. The van der Waals surface area contributed by atoms with Gasteiger partial charge in [-0.05, 0) is 38.2 Å². The lowest BCUT2D eigenvalue weighted by Crippen LogP contribution is -2.25. The Balaban J connectivity index is 2.08. The zero-order valence-electron chi connectivity index (χ0n) is 11.8. The van der Waals surface area contributed by atoms with Crippen LogP contribution in [0.15, 0.2) is 28.8 Å². The van der Waals surface area contributed by atoms with Crippen molar-refractivity contribution in [1.29, 1.82) is 0 Å². The summed E-state index contributed by atoms with van der Waals surface area (Å²) in [5, 5.41) is 13.3. The number of nitrogens with zero attached hydrogens (tertiary/aromatic N) is 3. The van der Waals surface area contributed by atoms with Crippen molar-refractivity contribution in [1.82, 2.24) is 15.0 Å². The highest BCUT2D eigenvalue weighted by Gasteiger charge is 2.19. The largest absolute Gasteiger partial charge is 0.481 e. The van der Waals surface area contributed by atoms with Gasteiger partial charge in [-0.25, -0.2) is 0 Å². The van der Waals surface area contributed by atoms with Gasteiger partial charge in [-0.15, -0.1) is 0 Å². The molecule has 21 heavy (non-hydrogen) atoms. The first kappa shape index (κ1) is 15.5. The van der Waals surface area contributed by atoms with Gasteiger partial charge >= 0.3 is 5.97 Å². The van der Waals surface area contributed by atoms with Gasteiger partial charge in [0.15, 0.2) is 0 Å². The van der Waals surface area contributed by atoms with E-state index in [0.717, 1.165) is 5.56 Å². The summed E-state index contributed by atoms with van der Waals surface area (Å²) in [4.78, 5) is 16.8. The molecule has 2 aromatic rings. The number of rotatable bonds is 6. The topological polar surface area (TPSA) is 79.5 Å². The van der Waals surface area contributed by atoms with Gasteiger partial charge in [0.1, 0.15) is 0 Å². The number of carboxylic acid groups (broad SMARTS) is 1. The zero-order chi connectivity index (χ0) is 15.4. The number of aromatic nitrogens is 2. The summed E-state index contributed by atoms with van der Waals surface area (Å²) >= 11 is 5.84. The standard InChI is InChI=1S/C14H16ClN3O3/c1-9(18(2)8-7-12(19)20)14-16-13(17-21-14)10-3-5-11(15)6-4-10/h3-6,9H,7-8H2,1-2H3,(H,19,20). The van der Waals surface area contributed by atoms with Crippen LogP contribution in [0, 0.1) is 0 Å². The first-order chi connectivity index (χ1) is 9.97. The summed E-state index contributed by atoms with van der Waals surface area (Å²) in [6, 6.07) is 6.99. The van der Waals surface area contributed by atoms with E-state index in [9.17, 15) is 4.79 Å². The molecule has 1 unspecified atom stereocenters. The van der Waals surface area contributed by atoms with Gasteiger partial charge in [-0.3, -0.25) is 9.69 Å². The van der Waals surface area contributed by atoms with Crippen LogP contribution < -0.4 is 0 Å². The minimum absolute atomic E-state index is 0.0685. The van der Waals surface area contributed by atoms with E-state index in [0.29, 0.717) is 23.3 Å². The fraction of sp³-hybridized carbons (Fsp3) is 0.357. The lowest BCUT2D eigenvalue weighted by atomic mass is 10.2. The van der Waals surface area contributed by atoms with Gasteiger partial charge in [-0.1, -0.05) is 16.8 Å². The van der Waals surface area contributed by atoms with Crippen molar-refractivity contribution in [3.8, 4) is 11.4 Å². The maximum Gasteiger partial charge on any atom is 0.304 e. The fourth-order valence-corrected chi connectivity index (χ4v) is 1.90. The molecule has 0 aliphatic heterocycles. The van der Waals surface area contributed by atoms with Crippen LogP contribution in [0.4, 0.5) is 0 Å². The Kier molecular flexibility index (Phi) is 4.93. The van der Waals surface area contributed by atoms with Crippen molar-refractivity contribution in [2.24, 2.45) is 0 Å². The molecule has 112 valence electrons. The molecule has 1 atom stereocenters. The van der Waals surface area contributed by atoms with Crippen LogP contribution in [0.2, 0.25) is 5.02 Å². The van der Waals surface area contributed by atoms with E-state index in [-0.39, 0.29) is 12.5 Å². The number of aliphatic carboxylic acids is 1. The number of carboxylic acids is 1. The van der Waals surface area contributed by atoms with Crippen LogP contribution in [0.5, 0.6) is 0 Å². The maximum absolute atomic E-state index is 10.6. The second-order valence-electron chi connectivity index (χ2n) is 4.76. The van der Waals surface area contributed by atoms with Gasteiger partial charge in [0.2, 0.25) is 11.7 Å². The van der Waals surface area contributed by atoms with Crippen LogP contribution in [0.25, 0.3) is 11.4 Å². The van der Waals surface area contributed by atoms with E-state index >= 15 is 0 Å². The van der Waals surface area contributed by atoms with Gasteiger partial charge in [0, 0.05) is 17.1 Å². The molecule has 1 aromatic carbocycles. The normalized spacial score (nSPS) is 12.6. The Labute approximate surface area is 127 Å². The average Bonchev–Trinajstić information content (AvgIpc) is 2.94.